The lowest BCUT2D eigenvalue weighted by molar-refractivity contribution is 0.866. The van der Waals surface area contributed by atoms with Gasteiger partial charge in [0.1, 0.15) is 0 Å². The SMILES string of the molecule is CCN(CC)c1ccc(Nc2cnnc(Nc3cc(C)ccc3C)n2)cc1. The number of benzene rings is 2. The molecule has 140 valence electrons. The fourth-order valence-electron chi connectivity index (χ4n) is 2.90. The van der Waals surface area contributed by atoms with Gasteiger partial charge in [-0.3, -0.25) is 0 Å². The van der Waals surface area contributed by atoms with Crippen molar-refractivity contribution in [3.05, 3.63) is 59.8 Å². The molecule has 0 spiro atoms. The molecule has 6 nitrogen and oxygen atoms in total. The van der Waals surface area contributed by atoms with Crippen LogP contribution in [0, 0.1) is 13.8 Å². The lowest BCUT2D eigenvalue weighted by Gasteiger charge is -2.21. The smallest absolute Gasteiger partial charge is 0.249 e. The van der Waals surface area contributed by atoms with Gasteiger partial charge in [0.2, 0.25) is 5.95 Å². The minimum atomic E-state index is 0.466. The van der Waals surface area contributed by atoms with E-state index in [-0.39, 0.29) is 0 Å². The predicted molar refractivity (Wildman–Crippen MR) is 112 cm³/mol. The molecule has 0 atom stereocenters. The second-order valence-corrected chi connectivity index (χ2v) is 6.45. The molecular formula is C21H26N6. The van der Waals surface area contributed by atoms with E-state index < -0.39 is 0 Å². The van der Waals surface area contributed by atoms with Crippen LogP contribution in [0.1, 0.15) is 25.0 Å². The molecular weight excluding hydrogens is 336 g/mol. The summed E-state index contributed by atoms with van der Waals surface area (Å²) in [4.78, 5) is 6.83. The molecule has 0 fully saturated rings. The quantitative estimate of drug-likeness (QED) is 0.628. The van der Waals surface area contributed by atoms with Gasteiger partial charge in [0.15, 0.2) is 5.82 Å². The van der Waals surface area contributed by atoms with E-state index in [2.05, 4.69) is 88.7 Å². The summed E-state index contributed by atoms with van der Waals surface area (Å²) in [6.07, 6.45) is 1.62. The van der Waals surface area contributed by atoms with Crippen molar-refractivity contribution in [2.24, 2.45) is 0 Å². The molecule has 3 aromatic rings. The van der Waals surface area contributed by atoms with Crippen LogP contribution in [-0.4, -0.2) is 28.3 Å². The summed E-state index contributed by atoms with van der Waals surface area (Å²) in [6.45, 7) is 10.4. The Bertz CT molecular complexity index is 887. The Morgan fingerprint density at radius 3 is 2.37 bits per heavy atom. The van der Waals surface area contributed by atoms with E-state index in [0.717, 1.165) is 30.0 Å². The van der Waals surface area contributed by atoms with Gasteiger partial charge in [-0.05, 0) is 69.2 Å². The summed E-state index contributed by atoms with van der Waals surface area (Å²) in [6, 6.07) is 14.6. The molecule has 2 aromatic carbocycles. The van der Waals surface area contributed by atoms with Gasteiger partial charge >= 0.3 is 0 Å². The lowest BCUT2D eigenvalue weighted by Crippen LogP contribution is -2.21. The number of anilines is 5. The number of aryl methyl sites for hydroxylation is 2. The fraction of sp³-hybridized carbons (Fsp3) is 0.286. The van der Waals surface area contributed by atoms with Crippen LogP contribution in [0.15, 0.2) is 48.7 Å². The second kappa shape index (κ2) is 8.49. The first-order valence-corrected chi connectivity index (χ1v) is 9.25. The third-order valence-corrected chi connectivity index (χ3v) is 4.47. The molecule has 0 saturated carbocycles. The van der Waals surface area contributed by atoms with Gasteiger partial charge in [0.25, 0.3) is 0 Å². The van der Waals surface area contributed by atoms with E-state index in [0.29, 0.717) is 11.8 Å². The standard InChI is InChI=1S/C21H26N6/c1-5-27(6-2)18-11-9-17(10-12-18)23-20-14-22-26-21(25-20)24-19-13-15(3)7-8-16(19)4/h7-14H,5-6H2,1-4H3,(H2,23,24,25,26). The van der Waals surface area contributed by atoms with Crippen molar-refractivity contribution in [3.8, 4) is 0 Å². The van der Waals surface area contributed by atoms with Gasteiger partial charge < -0.3 is 15.5 Å². The van der Waals surface area contributed by atoms with E-state index in [1.807, 2.05) is 12.1 Å². The van der Waals surface area contributed by atoms with Crippen LogP contribution in [-0.2, 0) is 0 Å². The highest BCUT2D eigenvalue weighted by molar-refractivity contribution is 5.63. The zero-order chi connectivity index (χ0) is 19.2. The van der Waals surface area contributed by atoms with Crippen molar-refractivity contribution < 1.29 is 0 Å². The summed E-state index contributed by atoms with van der Waals surface area (Å²) in [7, 11) is 0. The Morgan fingerprint density at radius 1 is 0.926 bits per heavy atom. The summed E-state index contributed by atoms with van der Waals surface area (Å²) < 4.78 is 0. The second-order valence-electron chi connectivity index (χ2n) is 6.45. The first kappa shape index (κ1) is 18.6. The number of nitrogens with zero attached hydrogens (tertiary/aromatic N) is 4. The van der Waals surface area contributed by atoms with E-state index in [1.165, 1.54) is 11.3 Å². The minimum absolute atomic E-state index is 0.466. The van der Waals surface area contributed by atoms with Crippen LogP contribution in [0.3, 0.4) is 0 Å². The molecule has 1 aromatic heterocycles. The molecule has 6 heteroatoms. The van der Waals surface area contributed by atoms with Gasteiger partial charge in [-0.2, -0.15) is 10.1 Å². The average molecular weight is 362 g/mol. The summed E-state index contributed by atoms with van der Waals surface area (Å²) in [5, 5.41) is 14.7. The first-order chi connectivity index (χ1) is 13.1. The van der Waals surface area contributed by atoms with Crippen molar-refractivity contribution in [2.75, 3.05) is 28.6 Å². The minimum Gasteiger partial charge on any atom is -0.372 e. The molecule has 0 bridgehead atoms. The summed E-state index contributed by atoms with van der Waals surface area (Å²) >= 11 is 0. The van der Waals surface area contributed by atoms with E-state index >= 15 is 0 Å². The van der Waals surface area contributed by atoms with Crippen molar-refractivity contribution in [3.63, 3.8) is 0 Å². The zero-order valence-electron chi connectivity index (χ0n) is 16.3. The largest absolute Gasteiger partial charge is 0.372 e. The lowest BCUT2D eigenvalue weighted by atomic mass is 10.1. The molecule has 0 aliphatic carbocycles. The van der Waals surface area contributed by atoms with Gasteiger partial charge in [-0.25, -0.2) is 0 Å². The zero-order valence-corrected chi connectivity index (χ0v) is 16.3. The highest BCUT2D eigenvalue weighted by atomic mass is 15.3. The van der Waals surface area contributed by atoms with E-state index in [1.54, 1.807) is 6.20 Å². The number of nitrogens with one attached hydrogen (secondary N) is 2. The summed E-state index contributed by atoms with van der Waals surface area (Å²) in [5.41, 5.74) is 5.47. The van der Waals surface area contributed by atoms with Crippen molar-refractivity contribution in [1.29, 1.82) is 0 Å². The van der Waals surface area contributed by atoms with Crippen LogP contribution < -0.4 is 15.5 Å². The Labute approximate surface area is 160 Å². The predicted octanol–water partition coefficient (Wildman–Crippen LogP) is 4.82. The van der Waals surface area contributed by atoms with Crippen LogP contribution in [0.4, 0.5) is 28.8 Å². The van der Waals surface area contributed by atoms with Gasteiger partial charge in [-0.1, -0.05) is 12.1 Å². The number of hydrogen-bond acceptors (Lipinski definition) is 6. The third-order valence-electron chi connectivity index (χ3n) is 4.47. The molecule has 0 saturated heterocycles. The van der Waals surface area contributed by atoms with Gasteiger partial charge in [-0.15, -0.1) is 5.10 Å². The maximum Gasteiger partial charge on any atom is 0.249 e. The highest BCUT2D eigenvalue weighted by Crippen LogP contribution is 2.22. The number of rotatable bonds is 7. The van der Waals surface area contributed by atoms with Crippen molar-refractivity contribution in [1.82, 2.24) is 15.2 Å². The van der Waals surface area contributed by atoms with E-state index in [9.17, 15) is 0 Å². The monoisotopic (exact) mass is 362 g/mol. The van der Waals surface area contributed by atoms with E-state index in [4.69, 9.17) is 0 Å². The number of hydrogen-bond donors (Lipinski definition) is 2. The van der Waals surface area contributed by atoms with Crippen LogP contribution in [0.25, 0.3) is 0 Å². The Morgan fingerprint density at radius 2 is 1.67 bits per heavy atom. The number of aromatic nitrogens is 3. The van der Waals surface area contributed by atoms with Crippen LogP contribution >= 0.6 is 0 Å². The molecule has 0 aliphatic heterocycles. The van der Waals surface area contributed by atoms with Crippen LogP contribution in [0.5, 0.6) is 0 Å². The molecule has 0 amide bonds. The van der Waals surface area contributed by atoms with Crippen molar-refractivity contribution in [2.45, 2.75) is 27.7 Å². The Kier molecular flexibility index (Phi) is 5.86. The molecule has 0 aliphatic rings. The van der Waals surface area contributed by atoms with Crippen LogP contribution in [0.2, 0.25) is 0 Å². The van der Waals surface area contributed by atoms with Gasteiger partial charge in [0.05, 0.1) is 6.20 Å². The molecule has 1 heterocycles. The Balaban J connectivity index is 1.73. The normalized spacial score (nSPS) is 10.5. The first-order valence-electron chi connectivity index (χ1n) is 9.25. The topological polar surface area (TPSA) is 66.0 Å². The van der Waals surface area contributed by atoms with Gasteiger partial charge in [0, 0.05) is 30.2 Å². The third kappa shape index (κ3) is 4.73. The Hall–Kier alpha value is -3.15. The average Bonchev–Trinajstić information content (AvgIpc) is 2.67. The molecule has 0 radical (unpaired) electrons. The highest BCUT2D eigenvalue weighted by Gasteiger charge is 2.06. The summed E-state index contributed by atoms with van der Waals surface area (Å²) in [5.74, 6) is 1.11. The molecule has 27 heavy (non-hydrogen) atoms. The molecule has 3 rings (SSSR count). The fourth-order valence-corrected chi connectivity index (χ4v) is 2.90. The maximum absolute atomic E-state index is 4.52. The maximum atomic E-state index is 4.52. The molecule has 0 unspecified atom stereocenters. The van der Waals surface area contributed by atoms with Crippen molar-refractivity contribution >= 4 is 28.8 Å². The molecule has 2 N–H and O–H groups in total.